The Morgan fingerprint density at radius 3 is 2.57 bits per heavy atom. The molecule has 0 bridgehead atoms. The summed E-state index contributed by atoms with van der Waals surface area (Å²) in [6.45, 7) is 2.05. The zero-order valence-corrected chi connectivity index (χ0v) is 17.3. The number of anilines is 1. The molecule has 9 nitrogen and oxygen atoms in total. The summed E-state index contributed by atoms with van der Waals surface area (Å²) in [4.78, 5) is 23.9. The Balaban J connectivity index is 1.60. The van der Waals surface area contributed by atoms with Gasteiger partial charge in [0, 0.05) is 5.69 Å². The smallest absolute Gasteiger partial charge is 0.338 e. The van der Waals surface area contributed by atoms with Gasteiger partial charge in [-0.2, -0.15) is 0 Å². The van der Waals surface area contributed by atoms with Crippen molar-refractivity contribution in [3.05, 3.63) is 54.1 Å². The van der Waals surface area contributed by atoms with Crippen LogP contribution in [-0.4, -0.2) is 46.2 Å². The predicted molar refractivity (Wildman–Crippen MR) is 114 cm³/mol. The fourth-order valence-corrected chi connectivity index (χ4v) is 3.28. The highest BCUT2D eigenvalue weighted by Gasteiger charge is 2.16. The average molecular weight is 427 g/mol. The molecule has 30 heavy (non-hydrogen) atoms. The highest BCUT2D eigenvalue weighted by molar-refractivity contribution is 7.99. The minimum absolute atomic E-state index is 0.0842. The standard InChI is InChI=1S/C20H21N5O4S/c1-3-29-19(27)13-8-10-14(11-9-13)22-17(26)12-30-20-24-23-18(25(20)21)15-6-4-5-7-16(15)28-2/h4-11H,3,12,21H2,1-2H3,(H,22,26). The SMILES string of the molecule is CCOC(=O)c1ccc(NC(=O)CSc2nnc(-c3ccccc3OC)n2N)cc1. The number of nitrogens with one attached hydrogen (secondary N) is 1. The number of para-hydroxylation sites is 1. The first-order chi connectivity index (χ1) is 14.5. The van der Waals surface area contributed by atoms with Crippen LogP contribution in [0.1, 0.15) is 17.3 Å². The van der Waals surface area contributed by atoms with Crippen LogP contribution in [0.15, 0.2) is 53.7 Å². The number of methoxy groups -OCH3 is 1. The fraction of sp³-hybridized carbons (Fsp3) is 0.200. The Bertz CT molecular complexity index is 1040. The van der Waals surface area contributed by atoms with Gasteiger partial charge in [0.15, 0.2) is 5.82 Å². The Hall–Kier alpha value is -3.53. The Kier molecular flexibility index (Phi) is 6.91. The second-order valence-corrected chi connectivity index (χ2v) is 6.95. The fourth-order valence-electron chi connectivity index (χ4n) is 2.62. The molecule has 3 N–H and O–H groups in total. The van der Waals surface area contributed by atoms with Gasteiger partial charge in [0.1, 0.15) is 5.75 Å². The summed E-state index contributed by atoms with van der Waals surface area (Å²) in [6, 6.07) is 13.8. The number of amides is 1. The van der Waals surface area contributed by atoms with Crippen molar-refractivity contribution >= 4 is 29.3 Å². The molecule has 1 aromatic heterocycles. The number of nitrogens with two attached hydrogens (primary N) is 1. The van der Waals surface area contributed by atoms with Crippen molar-refractivity contribution in [3.8, 4) is 17.1 Å². The van der Waals surface area contributed by atoms with E-state index in [1.54, 1.807) is 44.4 Å². The maximum atomic E-state index is 12.3. The van der Waals surface area contributed by atoms with E-state index in [1.165, 1.54) is 4.68 Å². The largest absolute Gasteiger partial charge is 0.496 e. The number of hydrogen-bond donors (Lipinski definition) is 2. The molecule has 156 valence electrons. The zero-order chi connectivity index (χ0) is 21.5. The van der Waals surface area contributed by atoms with Gasteiger partial charge in [-0.25, -0.2) is 9.47 Å². The number of carbonyl (C=O) groups is 2. The van der Waals surface area contributed by atoms with Crippen molar-refractivity contribution in [1.82, 2.24) is 14.9 Å². The maximum absolute atomic E-state index is 12.3. The van der Waals surface area contributed by atoms with Gasteiger partial charge in [-0.15, -0.1) is 10.2 Å². The third kappa shape index (κ3) is 4.90. The van der Waals surface area contributed by atoms with E-state index in [0.29, 0.717) is 40.2 Å². The second-order valence-electron chi connectivity index (χ2n) is 6.01. The summed E-state index contributed by atoms with van der Waals surface area (Å²) < 4.78 is 11.6. The molecule has 0 saturated carbocycles. The van der Waals surface area contributed by atoms with E-state index in [1.807, 2.05) is 18.2 Å². The van der Waals surface area contributed by atoms with Crippen LogP contribution in [0, 0.1) is 0 Å². The molecule has 0 fully saturated rings. The van der Waals surface area contributed by atoms with Crippen LogP contribution in [-0.2, 0) is 9.53 Å². The number of aromatic nitrogens is 3. The number of ether oxygens (including phenoxy) is 2. The molecule has 0 spiro atoms. The molecular formula is C20H21N5O4S. The first-order valence-electron chi connectivity index (χ1n) is 9.07. The van der Waals surface area contributed by atoms with E-state index in [0.717, 1.165) is 11.8 Å². The van der Waals surface area contributed by atoms with Crippen LogP contribution in [0.5, 0.6) is 5.75 Å². The van der Waals surface area contributed by atoms with Crippen molar-refractivity contribution in [2.24, 2.45) is 0 Å². The number of nitrogens with zero attached hydrogens (tertiary/aromatic N) is 3. The summed E-state index contributed by atoms with van der Waals surface area (Å²) in [6.07, 6.45) is 0. The topological polar surface area (TPSA) is 121 Å². The van der Waals surface area contributed by atoms with Gasteiger partial charge in [0.25, 0.3) is 0 Å². The van der Waals surface area contributed by atoms with Crippen LogP contribution < -0.4 is 15.9 Å². The number of benzene rings is 2. The normalized spacial score (nSPS) is 10.5. The Labute approximate surface area is 177 Å². The third-order valence-electron chi connectivity index (χ3n) is 4.02. The van der Waals surface area contributed by atoms with Crippen LogP contribution in [0.2, 0.25) is 0 Å². The second kappa shape index (κ2) is 9.79. The average Bonchev–Trinajstić information content (AvgIpc) is 3.13. The maximum Gasteiger partial charge on any atom is 0.338 e. The zero-order valence-electron chi connectivity index (χ0n) is 16.5. The number of carbonyl (C=O) groups excluding carboxylic acids is 2. The monoisotopic (exact) mass is 427 g/mol. The summed E-state index contributed by atoms with van der Waals surface area (Å²) in [5, 5.41) is 11.3. The summed E-state index contributed by atoms with van der Waals surface area (Å²) in [5.74, 6) is 6.60. The lowest BCUT2D eigenvalue weighted by atomic mass is 10.2. The first kappa shape index (κ1) is 21.2. The Morgan fingerprint density at radius 1 is 1.13 bits per heavy atom. The molecule has 0 aliphatic heterocycles. The van der Waals surface area contributed by atoms with E-state index in [2.05, 4.69) is 15.5 Å². The molecular weight excluding hydrogens is 406 g/mol. The van der Waals surface area contributed by atoms with Gasteiger partial charge in [0.05, 0.1) is 30.6 Å². The summed E-state index contributed by atoms with van der Waals surface area (Å²) in [7, 11) is 1.56. The lowest BCUT2D eigenvalue weighted by Gasteiger charge is -2.08. The van der Waals surface area contributed by atoms with Crippen LogP contribution in [0.3, 0.4) is 0 Å². The summed E-state index contributed by atoms with van der Waals surface area (Å²) >= 11 is 1.16. The van der Waals surface area contributed by atoms with Crippen molar-refractivity contribution in [2.45, 2.75) is 12.1 Å². The molecule has 3 rings (SSSR count). The lowest BCUT2D eigenvalue weighted by molar-refractivity contribution is -0.113. The van der Waals surface area contributed by atoms with E-state index >= 15 is 0 Å². The molecule has 0 unspecified atom stereocenters. The Morgan fingerprint density at radius 2 is 1.87 bits per heavy atom. The third-order valence-corrected chi connectivity index (χ3v) is 4.97. The molecule has 1 amide bonds. The molecule has 1 heterocycles. The molecule has 0 aliphatic rings. The number of hydrogen-bond acceptors (Lipinski definition) is 8. The van der Waals surface area contributed by atoms with E-state index in [-0.39, 0.29) is 11.7 Å². The minimum Gasteiger partial charge on any atom is -0.496 e. The van der Waals surface area contributed by atoms with Crippen LogP contribution in [0.4, 0.5) is 5.69 Å². The lowest BCUT2D eigenvalue weighted by Crippen LogP contribution is -2.16. The van der Waals surface area contributed by atoms with Gasteiger partial charge in [-0.05, 0) is 43.3 Å². The van der Waals surface area contributed by atoms with E-state index in [9.17, 15) is 9.59 Å². The predicted octanol–water partition coefficient (Wildman–Crippen LogP) is 2.58. The highest BCUT2D eigenvalue weighted by Crippen LogP contribution is 2.29. The van der Waals surface area contributed by atoms with E-state index in [4.69, 9.17) is 15.3 Å². The van der Waals surface area contributed by atoms with Crippen molar-refractivity contribution in [3.63, 3.8) is 0 Å². The summed E-state index contributed by atoms with van der Waals surface area (Å²) in [5.41, 5.74) is 1.69. The number of esters is 1. The molecule has 3 aromatic rings. The number of thioether (sulfide) groups is 1. The molecule has 0 aliphatic carbocycles. The van der Waals surface area contributed by atoms with Crippen molar-refractivity contribution in [2.75, 3.05) is 30.6 Å². The molecule has 0 atom stereocenters. The van der Waals surface area contributed by atoms with Gasteiger partial charge in [-0.3, -0.25) is 4.79 Å². The van der Waals surface area contributed by atoms with Crippen molar-refractivity contribution in [1.29, 1.82) is 0 Å². The molecule has 0 saturated heterocycles. The van der Waals surface area contributed by atoms with E-state index < -0.39 is 5.97 Å². The van der Waals surface area contributed by atoms with Gasteiger partial charge < -0.3 is 20.6 Å². The molecule has 2 aromatic carbocycles. The van der Waals surface area contributed by atoms with Gasteiger partial charge in [0.2, 0.25) is 11.1 Å². The number of rotatable bonds is 8. The van der Waals surface area contributed by atoms with Gasteiger partial charge >= 0.3 is 5.97 Å². The quantitative estimate of drug-likeness (QED) is 0.320. The highest BCUT2D eigenvalue weighted by atomic mass is 32.2. The minimum atomic E-state index is -0.404. The van der Waals surface area contributed by atoms with Crippen LogP contribution >= 0.6 is 11.8 Å². The van der Waals surface area contributed by atoms with Crippen LogP contribution in [0.25, 0.3) is 11.4 Å². The first-order valence-corrected chi connectivity index (χ1v) is 10.1. The van der Waals surface area contributed by atoms with Crippen molar-refractivity contribution < 1.29 is 19.1 Å². The van der Waals surface area contributed by atoms with Gasteiger partial charge in [-0.1, -0.05) is 23.9 Å². The molecule has 0 radical (unpaired) electrons. The molecule has 10 heteroatoms. The number of nitrogen functional groups attached to an aromatic ring is 1.